The zero-order valence-electron chi connectivity index (χ0n) is 17.6. The van der Waals surface area contributed by atoms with E-state index in [4.69, 9.17) is 0 Å². The molecule has 4 rings (SSSR count). The quantitative estimate of drug-likeness (QED) is 0.732. The fraction of sp³-hybridized carbons (Fsp3) is 0.400. The molecule has 2 atom stereocenters. The predicted molar refractivity (Wildman–Crippen MR) is 118 cm³/mol. The number of fused-ring (bicyclic) bond motifs is 1. The molecule has 2 aromatic rings. The van der Waals surface area contributed by atoms with Crippen LogP contribution >= 0.6 is 0 Å². The van der Waals surface area contributed by atoms with Gasteiger partial charge in [-0.25, -0.2) is 4.90 Å². The SMILES string of the molecule is CCc1cccc(CC)c1NC(=O)c1ccccc1N1C(=O)[C@H]2CCCC[C@H]2C1=O. The molecule has 1 aliphatic carbocycles. The summed E-state index contributed by atoms with van der Waals surface area (Å²) in [6, 6.07) is 13.0. The summed E-state index contributed by atoms with van der Waals surface area (Å²) in [5, 5.41) is 3.07. The Morgan fingerprint density at radius 2 is 1.47 bits per heavy atom. The number of benzene rings is 2. The van der Waals surface area contributed by atoms with Gasteiger partial charge < -0.3 is 5.32 Å². The van der Waals surface area contributed by atoms with Crippen LogP contribution in [0, 0.1) is 11.8 Å². The Morgan fingerprint density at radius 3 is 2.03 bits per heavy atom. The fourth-order valence-electron chi connectivity index (χ4n) is 4.84. The lowest BCUT2D eigenvalue weighted by atomic mass is 9.81. The van der Waals surface area contributed by atoms with E-state index < -0.39 is 0 Å². The highest BCUT2D eigenvalue weighted by molar-refractivity contribution is 6.24. The van der Waals surface area contributed by atoms with Gasteiger partial charge in [0, 0.05) is 5.69 Å². The molecule has 5 nitrogen and oxygen atoms in total. The standard InChI is InChI=1S/C25H28N2O3/c1-3-16-10-9-11-17(4-2)22(16)26-23(28)20-14-7-8-15-21(20)27-24(29)18-12-5-6-13-19(18)25(27)30/h7-11,14-15,18-19H,3-6,12-13H2,1-2H3,(H,26,28)/t18-,19+. The van der Waals surface area contributed by atoms with Crippen molar-refractivity contribution in [3.05, 3.63) is 59.2 Å². The summed E-state index contributed by atoms with van der Waals surface area (Å²) in [5.41, 5.74) is 3.71. The predicted octanol–water partition coefficient (Wildman–Crippen LogP) is 4.74. The molecule has 1 saturated heterocycles. The minimum Gasteiger partial charge on any atom is -0.321 e. The van der Waals surface area contributed by atoms with Crippen molar-refractivity contribution < 1.29 is 14.4 Å². The van der Waals surface area contributed by atoms with E-state index in [1.54, 1.807) is 24.3 Å². The van der Waals surface area contributed by atoms with Crippen LogP contribution in [0.5, 0.6) is 0 Å². The lowest BCUT2D eigenvalue weighted by Crippen LogP contribution is -2.33. The van der Waals surface area contributed by atoms with Gasteiger partial charge in [0.2, 0.25) is 11.8 Å². The third kappa shape index (κ3) is 3.42. The Morgan fingerprint density at radius 1 is 0.900 bits per heavy atom. The Kier molecular flexibility index (Phi) is 5.71. The molecule has 0 spiro atoms. The first-order valence-electron chi connectivity index (χ1n) is 11.0. The molecule has 156 valence electrons. The van der Waals surface area contributed by atoms with Crippen molar-refractivity contribution in [1.29, 1.82) is 0 Å². The van der Waals surface area contributed by atoms with E-state index in [0.717, 1.165) is 55.3 Å². The van der Waals surface area contributed by atoms with Crippen LogP contribution < -0.4 is 10.2 Å². The van der Waals surface area contributed by atoms with Gasteiger partial charge in [-0.1, -0.05) is 57.0 Å². The molecule has 0 bridgehead atoms. The van der Waals surface area contributed by atoms with Gasteiger partial charge in [-0.15, -0.1) is 0 Å². The minimum absolute atomic E-state index is 0.159. The number of hydrogen-bond acceptors (Lipinski definition) is 3. The largest absolute Gasteiger partial charge is 0.321 e. The number of aryl methyl sites for hydroxylation is 2. The average Bonchev–Trinajstić information content (AvgIpc) is 3.04. The van der Waals surface area contributed by atoms with E-state index in [2.05, 4.69) is 19.2 Å². The summed E-state index contributed by atoms with van der Waals surface area (Å²) in [6.07, 6.45) is 5.07. The highest BCUT2D eigenvalue weighted by Gasteiger charge is 2.49. The minimum atomic E-state index is -0.295. The highest BCUT2D eigenvalue weighted by atomic mass is 16.2. The summed E-state index contributed by atoms with van der Waals surface area (Å²) in [4.78, 5) is 40.7. The number of para-hydroxylation sites is 2. The number of nitrogens with one attached hydrogen (secondary N) is 1. The molecule has 2 aliphatic rings. The summed E-state index contributed by atoms with van der Waals surface area (Å²) in [7, 11) is 0. The number of carbonyl (C=O) groups is 3. The van der Waals surface area contributed by atoms with Gasteiger partial charge in [0.05, 0.1) is 23.1 Å². The lowest BCUT2D eigenvalue weighted by molar-refractivity contribution is -0.122. The van der Waals surface area contributed by atoms with Crippen molar-refractivity contribution >= 4 is 29.1 Å². The van der Waals surface area contributed by atoms with E-state index in [-0.39, 0.29) is 29.6 Å². The molecular weight excluding hydrogens is 376 g/mol. The van der Waals surface area contributed by atoms with E-state index in [9.17, 15) is 14.4 Å². The summed E-state index contributed by atoms with van der Waals surface area (Å²) in [5.74, 6) is -1.09. The molecule has 0 aromatic heterocycles. The molecule has 1 N–H and O–H groups in total. The van der Waals surface area contributed by atoms with Crippen molar-refractivity contribution in [2.75, 3.05) is 10.2 Å². The van der Waals surface area contributed by atoms with E-state index >= 15 is 0 Å². The normalized spacial score (nSPS) is 20.9. The maximum absolute atomic E-state index is 13.3. The van der Waals surface area contributed by atoms with Crippen LogP contribution in [0.4, 0.5) is 11.4 Å². The number of nitrogens with zero attached hydrogens (tertiary/aromatic N) is 1. The molecule has 1 saturated carbocycles. The Hall–Kier alpha value is -2.95. The number of carbonyl (C=O) groups excluding carboxylic acids is 3. The van der Waals surface area contributed by atoms with Gasteiger partial charge in [-0.2, -0.15) is 0 Å². The first kappa shape index (κ1) is 20.3. The van der Waals surface area contributed by atoms with Crippen LogP contribution in [0.3, 0.4) is 0 Å². The molecule has 5 heteroatoms. The van der Waals surface area contributed by atoms with Crippen molar-refractivity contribution in [3.63, 3.8) is 0 Å². The van der Waals surface area contributed by atoms with Crippen molar-refractivity contribution in [1.82, 2.24) is 0 Å². The zero-order chi connectivity index (χ0) is 21.3. The van der Waals surface area contributed by atoms with Crippen molar-refractivity contribution in [3.8, 4) is 0 Å². The number of amides is 3. The Labute approximate surface area is 177 Å². The van der Waals surface area contributed by atoms with Gasteiger partial charge in [0.1, 0.15) is 0 Å². The molecule has 0 radical (unpaired) electrons. The third-order valence-corrected chi connectivity index (χ3v) is 6.47. The second-order valence-corrected chi connectivity index (χ2v) is 8.14. The zero-order valence-corrected chi connectivity index (χ0v) is 17.6. The van der Waals surface area contributed by atoms with E-state index in [1.807, 2.05) is 18.2 Å². The Bertz CT molecular complexity index is 951. The van der Waals surface area contributed by atoms with Crippen LogP contribution in [-0.4, -0.2) is 17.7 Å². The van der Waals surface area contributed by atoms with Crippen molar-refractivity contribution in [2.24, 2.45) is 11.8 Å². The van der Waals surface area contributed by atoms with Crippen LogP contribution in [-0.2, 0) is 22.4 Å². The van der Waals surface area contributed by atoms with Gasteiger partial charge in [-0.3, -0.25) is 14.4 Å². The summed E-state index contributed by atoms with van der Waals surface area (Å²) < 4.78 is 0. The first-order chi connectivity index (χ1) is 14.6. The molecule has 3 amide bonds. The monoisotopic (exact) mass is 404 g/mol. The molecule has 2 fully saturated rings. The van der Waals surface area contributed by atoms with Gasteiger partial charge in [0.15, 0.2) is 0 Å². The third-order valence-electron chi connectivity index (χ3n) is 6.47. The number of hydrogen-bond donors (Lipinski definition) is 1. The number of anilines is 2. The summed E-state index contributed by atoms with van der Waals surface area (Å²) >= 11 is 0. The van der Waals surface area contributed by atoms with Crippen LogP contribution in [0.1, 0.15) is 61.0 Å². The maximum Gasteiger partial charge on any atom is 0.257 e. The van der Waals surface area contributed by atoms with Crippen LogP contribution in [0.2, 0.25) is 0 Å². The van der Waals surface area contributed by atoms with Crippen LogP contribution in [0.25, 0.3) is 0 Å². The molecule has 1 heterocycles. The smallest absolute Gasteiger partial charge is 0.257 e. The average molecular weight is 405 g/mol. The maximum atomic E-state index is 13.3. The molecule has 1 aliphatic heterocycles. The Balaban J connectivity index is 1.69. The van der Waals surface area contributed by atoms with Crippen LogP contribution in [0.15, 0.2) is 42.5 Å². The van der Waals surface area contributed by atoms with Gasteiger partial charge >= 0.3 is 0 Å². The first-order valence-corrected chi connectivity index (χ1v) is 11.0. The van der Waals surface area contributed by atoms with Crippen molar-refractivity contribution in [2.45, 2.75) is 52.4 Å². The van der Waals surface area contributed by atoms with Gasteiger partial charge in [-0.05, 0) is 48.9 Å². The lowest BCUT2D eigenvalue weighted by Gasteiger charge is -2.20. The number of imide groups is 1. The second kappa shape index (κ2) is 8.42. The number of rotatable bonds is 5. The van der Waals surface area contributed by atoms with Gasteiger partial charge in [0.25, 0.3) is 5.91 Å². The topological polar surface area (TPSA) is 66.5 Å². The molecule has 2 aromatic carbocycles. The fourth-order valence-corrected chi connectivity index (χ4v) is 4.84. The van der Waals surface area contributed by atoms with E-state index in [1.165, 1.54) is 4.90 Å². The van der Waals surface area contributed by atoms with E-state index in [0.29, 0.717) is 11.3 Å². The highest BCUT2D eigenvalue weighted by Crippen LogP contribution is 2.41. The molecule has 0 unspecified atom stereocenters. The molecular formula is C25H28N2O3. The molecule has 30 heavy (non-hydrogen) atoms. The summed E-state index contributed by atoms with van der Waals surface area (Å²) in [6.45, 7) is 4.11. The second-order valence-electron chi connectivity index (χ2n) is 8.14.